The van der Waals surface area contributed by atoms with Gasteiger partial charge in [0, 0.05) is 60.3 Å². The Balaban J connectivity index is 1.41. The van der Waals surface area contributed by atoms with Gasteiger partial charge in [0.05, 0.1) is 12.2 Å². The van der Waals surface area contributed by atoms with E-state index >= 15 is 0 Å². The van der Waals surface area contributed by atoms with E-state index in [1.807, 2.05) is 6.07 Å². The summed E-state index contributed by atoms with van der Waals surface area (Å²) < 4.78 is 0. The van der Waals surface area contributed by atoms with Crippen LogP contribution in [0.15, 0.2) is 42.4 Å². The minimum Gasteiger partial charge on any atom is -0.507 e. The molecule has 134 valence electrons. The van der Waals surface area contributed by atoms with Crippen molar-refractivity contribution in [1.29, 1.82) is 5.41 Å². The molecule has 6 heteroatoms. The standard InChI is InChI=1S/C20H22N4O2/c1-12-16(17-8-18(17)20(26)6-14-10-22-11-23-14)4-5-24(12)15-3-2-13(9-21)19(25)7-15/h2-3,7-12,16,18,21,25H,4-6H2,1H3,(H,22,23)/t12-,16+,18+/m0/s1. The molecule has 0 bridgehead atoms. The Morgan fingerprint density at radius 2 is 2.35 bits per heavy atom. The monoisotopic (exact) mass is 350 g/mol. The van der Waals surface area contributed by atoms with Crippen molar-refractivity contribution in [2.45, 2.75) is 25.8 Å². The third kappa shape index (κ3) is 2.92. The van der Waals surface area contributed by atoms with Gasteiger partial charge in [0.2, 0.25) is 0 Å². The molecule has 1 aromatic heterocycles. The van der Waals surface area contributed by atoms with Crippen LogP contribution >= 0.6 is 0 Å². The summed E-state index contributed by atoms with van der Waals surface area (Å²) in [5.74, 6) is 0.698. The molecule has 6 nitrogen and oxygen atoms in total. The minimum absolute atomic E-state index is 0.0283. The predicted octanol–water partition coefficient (Wildman–Crippen LogP) is 2.70. The number of hydrogen-bond acceptors (Lipinski definition) is 5. The number of aromatic hydroxyl groups is 1. The van der Waals surface area contributed by atoms with Crippen molar-refractivity contribution in [1.82, 2.24) is 9.97 Å². The lowest BCUT2D eigenvalue weighted by molar-refractivity contribution is -0.119. The molecule has 1 aromatic carbocycles. The van der Waals surface area contributed by atoms with Crippen LogP contribution in [-0.2, 0) is 11.2 Å². The number of phenolic OH excluding ortho intramolecular Hbond substituents is 1. The average molecular weight is 350 g/mol. The predicted molar refractivity (Wildman–Crippen MR) is 99.8 cm³/mol. The van der Waals surface area contributed by atoms with E-state index in [1.54, 1.807) is 24.7 Å². The number of benzene rings is 1. The highest BCUT2D eigenvalue weighted by Crippen LogP contribution is 2.45. The number of ketones is 1. The minimum atomic E-state index is -0.0283. The summed E-state index contributed by atoms with van der Waals surface area (Å²) in [5.41, 5.74) is 3.60. The van der Waals surface area contributed by atoms with Crippen molar-refractivity contribution in [2.75, 3.05) is 11.4 Å². The maximum Gasteiger partial charge on any atom is 0.149 e. The second-order valence-electron chi connectivity index (χ2n) is 7.08. The van der Waals surface area contributed by atoms with Gasteiger partial charge in [-0.05, 0) is 25.5 Å². The molecule has 2 aliphatic rings. The zero-order valence-corrected chi connectivity index (χ0v) is 14.6. The van der Waals surface area contributed by atoms with Gasteiger partial charge < -0.3 is 20.4 Å². The van der Waals surface area contributed by atoms with E-state index in [0.29, 0.717) is 17.9 Å². The number of allylic oxidation sites excluding steroid dienone is 1. The number of H-pyrrole nitrogens is 1. The highest BCUT2D eigenvalue weighted by atomic mass is 16.3. The molecule has 0 saturated carbocycles. The van der Waals surface area contributed by atoms with Gasteiger partial charge in [0.25, 0.3) is 0 Å². The average Bonchev–Trinajstić information content (AvgIpc) is 3.07. The van der Waals surface area contributed by atoms with Crippen LogP contribution < -0.4 is 4.90 Å². The van der Waals surface area contributed by atoms with E-state index in [-0.39, 0.29) is 23.5 Å². The van der Waals surface area contributed by atoms with Gasteiger partial charge >= 0.3 is 0 Å². The van der Waals surface area contributed by atoms with Gasteiger partial charge in [-0.15, -0.1) is 0 Å². The van der Waals surface area contributed by atoms with Crippen molar-refractivity contribution >= 4 is 17.7 Å². The molecule has 26 heavy (non-hydrogen) atoms. The van der Waals surface area contributed by atoms with Gasteiger partial charge in [-0.1, -0.05) is 11.6 Å². The molecule has 3 atom stereocenters. The maximum absolute atomic E-state index is 12.4. The van der Waals surface area contributed by atoms with Gasteiger partial charge in [0.15, 0.2) is 0 Å². The van der Waals surface area contributed by atoms with Crippen LogP contribution in [0.2, 0.25) is 0 Å². The molecular formula is C20H22N4O2. The van der Waals surface area contributed by atoms with Gasteiger partial charge in [-0.25, -0.2) is 4.98 Å². The molecule has 1 aliphatic carbocycles. The summed E-state index contributed by atoms with van der Waals surface area (Å²) in [7, 11) is 0. The number of phenols is 1. The third-order valence-corrected chi connectivity index (χ3v) is 5.56. The summed E-state index contributed by atoms with van der Waals surface area (Å²) >= 11 is 0. The van der Waals surface area contributed by atoms with E-state index in [2.05, 4.69) is 27.9 Å². The first kappa shape index (κ1) is 16.6. The lowest BCUT2D eigenvalue weighted by Gasteiger charge is -2.26. The Kier molecular flexibility index (Phi) is 4.11. The molecule has 0 spiro atoms. The molecular weight excluding hydrogens is 328 g/mol. The Bertz CT molecular complexity index is 872. The lowest BCUT2D eigenvalue weighted by Crippen LogP contribution is -2.30. The van der Waals surface area contributed by atoms with Crippen LogP contribution in [0.1, 0.15) is 24.6 Å². The summed E-state index contributed by atoms with van der Waals surface area (Å²) in [5, 5.41) is 17.3. The van der Waals surface area contributed by atoms with Crippen LogP contribution in [0.4, 0.5) is 5.69 Å². The van der Waals surface area contributed by atoms with Crippen molar-refractivity contribution in [3.05, 3.63) is 53.6 Å². The first-order valence-electron chi connectivity index (χ1n) is 8.90. The van der Waals surface area contributed by atoms with E-state index in [4.69, 9.17) is 5.41 Å². The summed E-state index contributed by atoms with van der Waals surface area (Å²) in [6, 6.07) is 5.71. The molecule has 0 amide bonds. The molecule has 4 rings (SSSR count). The fraction of sp³-hybridized carbons (Fsp3) is 0.350. The number of Topliss-reactive ketones (excluding diaryl/α,β-unsaturated/α-hetero) is 1. The number of carbonyl (C=O) groups is 1. The number of nitrogens with one attached hydrogen (secondary N) is 2. The summed E-state index contributed by atoms with van der Waals surface area (Å²) in [6.07, 6.45) is 7.95. The highest BCUT2D eigenvalue weighted by molar-refractivity contribution is 5.91. The van der Waals surface area contributed by atoms with Gasteiger partial charge in [-0.3, -0.25) is 4.79 Å². The topological polar surface area (TPSA) is 93.1 Å². The SMILES string of the molecule is C[C@H]1[C@H](C2=C[C@H]2C(=O)Cc2cnc[nH]2)CCN1c1ccc(C=N)c(O)c1. The number of nitrogens with zero attached hydrogens (tertiary/aromatic N) is 2. The fourth-order valence-corrected chi connectivity index (χ4v) is 4.04. The Morgan fingerprint density at radius 1 is 1.50 bits per heavy atom. The van der Waals surface area contributed by atoms with Crippen LogP contribution in [0.3, 0.4) is 0 Å². The first-order valence-corrected chi connectivity index (χ1v) is 8.90. The molecule has 0 radical (unpaired) electrons. The number of aromatic amines is 1. The first-order chi connectivity index (χ1) is 12.6. The van der Waals surface area contributed by atoms with E-state index in [1.165, 1.54) is 5.57 Å². The quantitative estimate of drug-likeness (QED) is 0.552. The number of hydrogen-bond donors (Lipinski definition) is 3. The van der Waals surface area contributed by atoms with Crippen LogP contribution in [0.25, 0.3) is 0 Å². The van der Waals surface area contributed by atoms with Crippen molar-refractivity contribution in [3.63, 3.8) is 0 Å². The molecule has 1 aliphatic heterocycles. The molecule has 1 saturated heterocycles. The zero-order valence-electron chi connectivity index (χ0n) is 14.6. The van der Waals surface area contributed by atoms with Gasteiger partial charge in [-0.2, -0.15) is 0 Å². The van der Waals surface area contributed by atoms with E-state index in [0.717, 1.165) is 30.6 Å². The molecule has 0 unspecified atom stereocenters. The maximum atomic E-state index is 12.4. The van der Waals surface area contributed by atoms with Crippen LogP contribution in [-0.4, -0.2) is 39.7 Å². The molecule has 1 fully saturated rings. The largest absolute Gasteiger partial charge is 0.507 e. The van der Waals surface area contributed by atoms with Crippen LogP contribution in [0.5, 0.6) is 5.75 Å². The Hall–Kier alpha value is -2.89. The Morgan fingerprint density at radius 3 is 3.04 bits per heavy atom. The Labute approximate surface area is 152 Å². The van der Waals surface area contributed by atoms with Gasteiger partial charge in [0.1, 0.15) is 11.5 Å². The van der Waals surface area contributed by atoms with Crippen molar-refractivity contribution in [3.8, 4) is 5.75 Å². The molecule has 2 heterocycles. The normalized spacial score (nSPS) is 24.4. The number of carbonyl (C=O) groups excluding carboxylic acids is 1. The lowest BCUT2D eigenvalue weighted by atomic mass is 9.94. The fourth-order valence-electron chi connectivity index (χ4n) is 4.04. The second-order valence-corrected chi connectivity index (χ2v) is 7.08. The number of aromatic nitrogens is 2. The second kappa shape index (κ2) is 6.44. The van der Waals surface area contributed by atoms with E-state index < -0.39 is 0 Å². The van der Waals surface area contributed by atoms with Crippen LogP contribution in [0, 0.1) is 17.2 Å². The smallest absolute Gasteiger partial charge is 0.149 e. The highest BCUT2D eigenvalue weighted by Gasteiger charge is 2.43. The summed E-state index contributed by atoms with van der Waals surface area (Å²) in [6.45, 7) is 3.07. The van der Waals surface area contributed by atoms with Crippen molar-refractivity contribution in [2.24, 2.45) is 11.8 Å². The molecule has 2 aromatic rings. The number of imidazole rings is 1. The zero-order chi connectivity index (χ0) is 18.3. The number of rotatable bonds is 6. The van der Waals surface area contributed by atoms with Crippen molar-refractivity contribution < 1.29 is 9.90 Å². The van der Waals surface area contributed by atoms with E-state index in [9.17, 15) is 9.90 Å². The summed E-state index contributed by atoms with van der Waals surface area (Å²) in [4.78, 5) is 21.7. The number of anilines is 1. The third-order valence-electron chi connectivity index (χ3n) is 5.56. The molecule has 3 N–H and O–H groups in total.